The zero-order valence-electron chi connectivity index (χ0n) is 16.3. The summed E-state index contributed by atoms with van der Waals surface area (Å²) in [6.45, 7) is 8.34. The van der Waals surface area contributed by atoms with Gasteiger partial charge in [-0.05, 0) is 54.7 Å². The summed E-state index contributed by atoms with van der Waals surface area (Å²) in [5.74, 6) is 0.694. The molecule has 0 fully saturated rings. The average molecular weight is 387 g/mol. The fourth-order valence-corrected chi connectivity index (χ4v) is 3.89. The molecule has 2 aromatic carbocycles. The molecular formula is C21H26N2O3S. The Bertz CT molecular complexity index is 1100. The Labute approximate surface area is 160 Å². The monoisotopic (exact) mass is 386 g/mol. The molecule has 6 heteroatoms. The second-order valence-electron chi connectivity index (χ2n) is 7.56. The van der Waals surface area contributed by atoms with Crippen LogP contribution in [0.3, 0.4) is 0 Å². The fourth-order valence-electron chi connectivity index (χ4n) is 3.34. The number of hydrogen-bond donors (Lipinski definition) is 2. The third-order valence-electron chi connectivity index (χ3n) is 5.02. The van der Waals surface area contributed by atoms with E-state index in [0.717, 1.165) is 33.7 Å². The molecule has 0 aliphatic carbocycles. The zero-order valence-corrected chi connectivity index (χ0v) is 17.1. The van der Waals surface area contributed by atoms with Gasteiger partial charge in [-0.25, -0.2) is 8.42 Å². The van der Waals surface area contributed by atoms with E-state index in [0.29, 0.717) is 17.5 Å². The maximum atomic E-state index is 11.5. The van der Waals surface area contributed by atoms with Crippen LogP contribution in [-0.4, -0.2) is 24.3 Å². The van der Waals surface area contributed by atoms with Crippen molar-refractivity contribution in [3.05, 3.63) is 48.2 Å². The molecule has 0 radical (unpaired) electrons. The van der Waals surface area contributed by atoms with Gasteiger partial charge in [0, 0.05) is 28.7 Å². The van der Waals surface area contributed by atoms with Crippen LogP contribution in [0, 0.1) is 12.8 Å². The van der Waals surface area contributed by atoms with Crippen molar-refractivity contribution in [1.82, 2.24) is 4.57 Å². The van der Waals surface area contributed by atoms with Crippen LogP contribution in [0.5, 0.6) is 5.88 Å². The van der Waals surface area contributed by atoms with E-state index >= 15 is 0 Å². The highest BCUT2D eigenvalue weighted by atomic mass is 32.2. The van der Waals surface area contributed by atoms with Crippen LogP contribution in [0.2, 0.25) is 0 Å². The highest BCUT2D eigenvalue weighted by Gasteiger charge is 2.18. The Morgan fingerprint density at radius 2 is 1.78 bits per heavy atom. The van der Waals surface area contributed by atoms with Crippen molar-refractivity contribution in [2.24, 2.45) is 5.92 Å². The number of anilines is 1. The first kappa shape index (κ1) is 19.3. The molecule has 2 N–H and O–H groups in total. The van der Waals surface area contributed by atoms with Crippen LogP contribution >= 0.6 is 0 Å². The quantitative estimate of drug-likeness (QED) is 0.654. The molecule has 0 saturated heterocycles. The van der Waals surface area contributed by atoms with E-state index in [1.807, 2.05) is 48.0 Å². The molecule has 0 saturated carbocycles. The van der Waals surface area contributed by atoms with Crippen LogP contribution in [0.25, 0.3) is 21.9 Å². The first-order valence-electron chi connectivity index (χ1n) is 8.99. The third kappa shape index (κ3) is 3.95. The molecule has 0 unspecified atom stereocenters. The molecule has 0 amide bonds. The number of aromatic nitrogens is 1. The molecular weight excluding hydrogens is 360 g/mol. The van der Waals surface area contributed by atoms with Crippen molar-refractivity contribution in [2.45, 2.75) is 33.7 Å². The summed E-state index contributed by atoms with van der Waals surface area (Å²) in [5.41, 5.74) is 3.40. The maximum Gasteiger partial charge on any atom is 0.229 e. The standard InChI is InChI=1S/C21H26N2O3S/c1-13(2)15(4)23-12-18-10-17(9-14(3)20(18)21(23)24)16-7-6-8-19(11-16)22-27(5,25)26/h6-13,15,22,24H,1-5H3/t15-/m0/s1. The van der Waals surface area contributed by atoms with Gasteiger partial charge in [0.15, 0.2) is 5.88 Å². The number of nitrogens with zero attached hydrogens (tertiary/aromatic N) is 1. The number of aryl methyl sites for hydroxylation is 1. The van der Waals surface area contributed by atoms with E-state index in [4.69, 9.17) is 0 Å². The van der Waals surface area contributed by atoms with Crippen molar-refractivity contribution < 1.29 is 13.5 Å². The maximum absolute atomic E-state index is 11.5. The molecule has 27 heavy (non-hydrogen) atoms. The molecule has 0 aliphatic rings. The van der Waals surface area contributed by atoms with Crippen LogP contribution < -0.4 is 4.72 Å². The van der Waals surface area contributed by atoms with E-state index in [1.54, 1.807) is 6.07 Å². The first-order valence-corrected chi connectivity index (χ1v) is 10.9. The van der Waals surface area contributed by atoms with Crippen LogP contribution in [0.1, 0.15) is 32.4 Å². The largest absolute Gasteiger partial charge is 0.494 e. The minimum atomic E-state index is -3.33. The molecule has 1 aromatic heterocycles. The number of sulfonamides is 1. The van der Waals surface area contributed by atoms with Crippen LogP contribution in [0.4, 0.5) is 5.69 Å². The SMILES string of the molecule is Cc1cc(-c2cccc(NS(C)(=O)=O)c2)cc2cn([C@@H](C)C(C)C)c(O)c12. The molecule has 3 rings (SSSR count). The lowest BCUT2D eigenvalue weighted by Gasteiger charge is -2.18. The van der Waals surface area contributed by atoms with Gasteiger partial charge in [0.05, 0.1) is 6.26 Å². The summed E-state index contributed by atoms with van der Waals surface area (Å²) < 4.78 is 27.4. The molecule has 0 aliphatic heterocycles. The summed E-state index contributed by atoms with van der Waals surface area (Å²) in [5, 5.41) is 12.5. The Hall–Kier alpha value is -2.47. The number of rotatable bonds is 5. The number of fused-ring (bicyclic) bond motifs is 1. The summed E-state index contributed by atoms with van der Waals surface area (Å²) in [6.07, 6.45) is 3.13. The predicted octanol–water partition coefficient (Wildman–Crippen LogP) is 4.91. The summed E-state index contributed by atoms with van der Waals surface area (Å²) in [6, 6.07) is 11.5. The molecule has 0 bridgehead atoms. The fraction of sp³-hybridized carbons (Fsp3) is 0.333. The second-order valence-corrected chi connectivity index (χ2v) is 9.31. The zero-order chi connectivity index (χ0) is 19.9. The van der Waals surface area contributed by atoms with E-state index in [9.17, 15) is 13.5 Å². The lowest BCUT2D eigenvalue weighted by atomic mass is 9.99. The van der Waals surface area contributed by atoms with Gasteiger partial charge in [-0.1, -0.05) is 32.0 Å². The summed E-state index contributed by atoms with van der Waals surface area (Å²) in [4.78, 5) is 0. The Morgan fingerprint density at radius 1 is 1.07 bits per heavy atom. The van der Waals surface area contributed by atoms with E-state index in [1.165, 1.54) is 0 Å². The van der Waals surface area contributed by atoms with Gasteiger partial charge in [0.1, 0.15) is 0 Å². The third-order valence-corrected chi connectivity index (χ3v) is 5.62. The normalized spacial score (nSPS) is 13.3. The van der Waals surface area contributed by atoms with Crippen molar-refractivity contribution >= 4 is 26.5 Å². The summed E-state index contributed by atoms with van der Waals surface area (Å²) in [7, 11) is -3.33. The Kier molecular flexibility index (Phi) is 4.95. The Morgan fingerprint density at radius 3 is 2.41 bits per heavy atom. The smallest absolute Gasteiger partial charge is 0.229 e. The second kappa shape index (κ2) is 6.93. The van der Waals surface area contributed by atoms with Crippen molar-refractivity contribution in [1.29, 1.82) is 0 Å². The van der Waals surface area contributed by atoms with Gasteiger partial charge < -0.3 is 9.67 Å². The molecule has 1 atom stereocenters. The molecule has 0 spiro atoms. The highest BCUT2D eigenvalue weighted by Crippen LogP contribution is 2.37. The average Bonchev–Trinajstić information content (AvgIpc) is 2.90. The lowest BCUT2D eigenvalue weighted by Crippen LogP contribution is -2.09. The minimum Gasteiger partial charge on any atom is -0.494 e. The predicted molar refractivity (Wildman–Crippen MR) is 112 cm³/mol. The van der Waals surface area contributed by atoms with Crippen molar-refractivity contribution in [2.75, 3.05) is 11.0 Å². The van der Waals surface area contributed by atoms with Gasteiger partial charge in [-0.3, -0.25) is 4.72 Å². The van der Waals surface area contributed by atoms with E-state index < -0.39 is 10.0 Å². The highest BCUT2D eigenvalue weighted by molar-refractivity contribution is 7.92. The topological polar surface area (TPSA) is 71.3 Å². The minimum absolute atomic E-state index is 0.183. The number of aromatic hydroxyl groups is 1. The van der Waals surface area contributed by atoms with E-state index in [2.05, 4.69) is 25.5 Å². The molecule has 3 aromatic rings. The Balaban J connectivity index is 2.11. The summed E-state index contributed by atoms with van der Waals surface area (Å²) >= 11 is 0. The van der Waals surface area contributed by atoms with Gasteiger partial charge in [-0.15, -0.1) is 0 Å². The first-order chi connectivity index (χ1) is 12.6. The van der Waals surface area contributed by atoms with Gasteiger partial charge in [0.25, 0.3) is 0 Å². The van der Waals surface area contributed by atoms with Crippen molar-refractivity contribution in [3.63, 3.8) is 0 Å². The van der Waals surface area contributed by atoms with E-state index in [-0.39, 0.29) is 6.04 Å². The molecule has 5 nitrogen and oxygen atoms in total. The molecule has 144 valence electrons. The number of benzene rings is 2. The number of hydrogen-bond acceptors (Lipinski definition) is 3. The van der Waals surface area contributed by atoms with Gasteiger partial charge >= 0.3 is 0 Å². The number of nitrogens with one attached hydrogen (secondary N) is 1. The van der Waals surface area contributed by atoms with Crippen LogP contribution in [0.15, 0.2) is 42.6 Å². The van der Waals surface area contributed by atoms with Crippen molar-refractivity contribution in [3.8, 4) is 17.0 Å². The van der Waals surface area contributed by atoms with Gasteiger partial charge in [-0.2, -0.15) is 0 Å². The van der Waals surface area contributed by atoms with Gasteiger partial charge in [0.2, 0.25) is 10.0 Å². The lowest BCUT2D eigenvalue weighted by molar-refractivity contribution is 0.346. The van der Waals surface area contributed by atoms with Crippen LogP contribution in [-0.2, 0) is 10.0 Å². The molecule has 1 heterocycles.